The minimum Gasteiger partial charge on any atom is -0.474 e. The van der Waals surface area contributed by atoms with E-state index in [1.54, 1.807) is 18.2 Å². The normalized spacial score (nSPS) is 12.0. The number of hydrogen-bond acceptors (Lipinski definition) is 4. The smallest absolute Gasteiger partial charge is 0.388 e. The number of nitrogens with zero attached hydrogens (tertiary/aromatic N) is 3. The molecular weight excluding hydrogens is 371 g/mol. The van der Waals surface area contributed by atoms with Crippen LogP contribution in [0, 0.1) is 0 Å². The van der Waals surface area contributed by atoms with Crippen LogP contribution in [0.25, 0.3) is 5.65 Å². The first-order valence-electron chi connectivity index (χ1n) is 6.22. The number of carbonyl (C=O) groups excluding carboxylic acids is 1. The maximum atomic E-state index is 13.3. The summed E-state index contributed by atoms with van der Waals surface area (Å²) in [6.07, 6.45) is 2.92. The Balaban J connectivity index is 2.23. The number of Topliss-reactive ketones (excluding diaryl/α,β-unsaturated/α-hetero) is 1. The van der Waals surface area contributed by atoms with Gasteiger partial charge in [0.25, 0.3) is 17.1 Å². The molecule has 10 heteroatoms. The molecule has 0 radical (unpaired) electrons. The van der Waals surface area contributed by atoms with Gasteiger partial charge in [-0.3, -0.25) is 4.79 Å². The van der Waals surface area contributed by atoms with E-state index in [9.17, 15) is 18.7 Å². The van der Waals surface area contributed by atoms with Crippen molar-refractivity contribution in [3.63, 3.8) is 0 Å². The monoisotopic (exact) mass is 378 g/mol. The van der Waals surface area contributed by atoms with Gasteiger partial charge >= 0.3 is 11.3 Å². The van der Waals surface area contributed by atoms with Crippen molar-refractivity contribution in [1.29, 1.82) is 0 Å². The van der Waals surface area contributed by atoms with E-state index >= 15 is 0 Å². The van der Waals surface area contributed by atoms with Gasteiger partial charge in [0.05, 0.1) is 11.1 Å². The van der Waals surface area contributed by atoms with Crippen LogP contribution < -0.4 is 4.40 Å². The highest BCUT2D eigenvalue weighted by atomic mass is 35.5. The molecule has 0 saturated heterocycles. The Hall–Kier alpha value is -1.77. The summed E-state index contributed by atoms with van der Waals surface area (Å²) in [4.78, 5) is 16.5. The molecule has 0 saturated carbocycles. The third-order valence-corrected chi connectivity index (χ3v) is 4.41. The lowest BCUT2D eigenvalue weighted by atomic mass is 10.3. The SMILES string of the molecule is O=C(c1c(O)[n+]2ccccc2n1Cc1cnc(Cl)s1)C(F)(F)Cl. The summed E-state index contributed by atoms with van der Waals surface area (Å²) in [5.41, 5.74) is -0.237. The van der Waals surface area contributed by atoms with Gasteiger partial charge < -0.3 is 5.11 Å². The van der Waals surface area contributed by atoms with Crippen molar-refractivity contribution in [2.45, 2.75) is 11.9 Å². The first-order chi connectivity index (χ1) is 10.8. The molecule has 23 heavy (non-hydrogen) atoms. The Bertz CT molecular complexity index is 904. The van der Waals surface area contributed by atoms with Crippen molar-refractivity contribution in [2.75, 3.05) is 0 Å². The van der Waals surface area contributed by atoms with Crippen LogP contribution in [-0.4, -0.2) is 25.8 Å². The zero-order valence-corrected chi connectivity index (χ0v) is 13.5. The molecule has 5 nitrogen and oxygen atoms in total. The fourth-order valence-corrected chi connectivity index (χ4v) is 3.27. The van der Waals surface area contributed by atoms with Crippen molar-refractivity contribution in [2.24, 2.45) is 0 Å². The van der Waals surface area contributed by atoms with Gasteiger partial charge in [-0.25, -0.2) is 9.55 Å². The van der Waals surface area contributed by atoms with E-state index in [0.717, 1.165) is 11.3 Å². The number of pyridine rings is 1. The number of fused-ring (bicyclic) bond motifs is 1. The summed E-state index contributed by atoms with van der Waals surface area (Å²) in [5.74, 6) is -2.29. The molecule has 3 aromatic rings. The molecule has 0 aliphatic heterocycles. The molecule has 0 atom stereocenters. The molecule has 0 aliphatic rings. The van der Waals surface area contributed by atoms with Crippen LogP contribution in [0.1, 0.15) is 15.4 Å². The molecular formula is C13H8Cl2F2N3O2S+. The maximum Gasteiger partial charge on any atom is 0.388 e. The topological polar surface area (TPSA) is 59.2 Å². The van der Waals surface area contributed by atoms with Crippen molar-refractivity contribution in [3.8, 4) is 5.88 Å². The van der Waals surface area contributed by atoms with Gasteiger partial charge in [0.15, 0.2) is 4.47 Å². The van der Waals surface area contributed by atoms with Gasteiger partial charge in [-0.15, -0.1) is 11.3 Å². The minimum absolute atomic E-state index is 0.0342. The van der Waals surface area contributed by atoms with Gasteiger partial charge in [0.2, 0.25) is 0 Å². The summed E-state index contributed by atoms with van der Waals surface area (Å²) < 4.78 is 29.3. The van der Waals surface area contributed by atoms with Crippen LogP contribution in [0.15, 0.2) is 30.6 Å². The number of aromatic hydroxyl groups is 1. The van der Waals surface area contributed by atoms with Crippen molar-refractivity contribution in [3.05, 3.63) is 45.6 Å². The summed E-state index contributed by atoms with van der Waals surface area (Å²) in [7, 11) is 0. The number of rotatable bonds is 4. The molecule has 1 N–H and O–H groups in total. The lowest BCUT2D eigenvalue weighted by molar-refractivity contribution is -0.521. The minimum atomic E-state index is -4.13. The van der Waals surface area contributed by atoms with E-state index in [0.29, 0.717) is 10.5 Å². The Morgan fingerprint density at radius 2 is 2.22 bits per heavy atom. The lowest BCUT2D eigenvalue weighted by Crippen LogP contribution is -2.25. The molecule has 3 aromatic heterocycles. The number of carbonyl (C=O) groups is 1. The molecule has 3 rings (SSSR count). The fourth-order valence-electron chi connectivity index (χ4n) is 2.21. The highest BCUT2D eigenvalue weighted by Crippen LogP contribution is 2.30. The summed E-state index contributed by atoms with van der Waals surface area (Å²) >= 11 is 11.7. The van der Waals surface area contributed by atoms with E-state index in [4.69, 9.17) is 23.2 Å². The first kappa shape index (κ1) is 16.1. The third-order valence-electron chi connectivity index (χ3n) is 3.14. The van der Waals surface area contributed by atoms with Crippen LogP contribution in [0.3, 0.4) is 0 Å². The van der Waals surface area contributed by atoms with E-state index in [1.807, 2.05) is 0 Å². The predicted molar refractivity (Wildman–Crippen MR) is 80.6 cm³/mol. The van der Waals surface area contributed by atoms with Crippen molar-refractivity contribution < 1.29 is 23.1 Å². The molecule has 0 amide bonds. The highest BCUT2D eigenvalue weighted by molar-refractivity contribution is 7.15. The van der Waals surface area contributed by atoms with Gasteiger partial charge in [0.1, 0.15) is 6.54 Å². The highest BCUT2D eigenvalue weighted by Gasteiger charge is 2.45. The van der Waals surface area contributed by atoms with E-state index in [2.05, 4.69) is 4.98 Å². The zero-order valence-electron chi connectivity index (χ0n) is 11.2. The number of hydrogen-bond donors (Lipinski definition) is 1. The number of imidazole rings is 1. The Morgan fingerprint density at radius 3 is 2.83 bits per heavy atom. The second-order valence-corrected chi connectivity index (χ2v) is 6.77. The van der Waals surface area contributed by atoms with E-state index in [-0.39, 0.29) is 11.0 Å². The van der Waals surface area contributed by atoms with Crippen LogP contribution in [0.4, 0.5) is 8.78 Å². The van der Waals surface area contributed by atoms with Crippen molar-refractivity contribution in [1.82, 2.24) is 9.55 Å². The zero-order chi connectivity index (χ0) is 16.8. The summed E-state index contributed by atoms with van der Waals surface area (Å²) in [5, 5.41) is 6.05. The second-order valence-electron chi connectivity index (χ2n) is 4.59. The predicted octanol–water partition coefficient (Wildman–Crippen LogP) is 3.10. The van der Waals surface area contributed by atoms with Crippen LogP contribution in [0.5, 0.6) is 5.88 Å². The molecule has 0 aliphatic carbocycles. The van der Waals surface area contributed by atoms with E-state index in [1.165, 1.54) is 21.4 Å². The molecule has 0 bridgehead atoms. The fraction of sp³-hybridized carbons (Fsp3) is 0.154. The number of aromatic nitrogens is 3. The Morgan fingerprint density at radius 1 is 1.48 bits per heavy atom. The molecule has 0 unspecified atom stereocenters. The molecule has 120 valence electrons. The Kier molecular flexibility index (Phi) is 3.99. The molecule has 3 heterocycles. The quantitative estimate of drug-likeness (QED) is 0.431. The van der Waals surface area contributed by atoms with Crippen LogP contribution in [-0.2, 0) is 6.54 Å². The molecule has 0 aromatic carbocycles. The van der Waals surface area contributed by atoms with Crippen LogP contribution in [0.2, 0.25) is 4.47 Å². The first-order valence-corrected chi connectivity index (χ1v) is 7.80. The van der Waals surface area contributed by atoms with Crippen LogP contribution >= 0.6 is 34.5 Å². The summed E-state index contributed by atoms with van der Waals surface area (Å²) in [6, 6.07) is 4.82. The lowest BCUT2D eigenvalue weighted by Gasteiger charge is -2.05. The van der Waals surface area contributed by atoms with E-state index < -0.39 is 22.7 Å². The largest absolute Gasteiger partial charge is 0.474 e. The Labute approximate surface area is 142 Å². The number of thiazole rings is 1. The average Bonchev–Trinajstić information content (AvgIpc) is 3.01. The molecule has 0 fully saturated rings. The standard InChI is InChI=1S/C13H7Cl2F2N3O2S/c14-12-18-5-7(23-12)6-20-8-3-1-2-4-19(8)11(22)9(20)10(21)13(15,16)17/h1-5H,6H2/p+1. The third kappa shape index (κ3) is 2.89. The number of ketones is 1. The van der Waals surface area contributed by atoms with Gasteiger partial charge in [-0.2, -0.15) is 13.2 Å². The van der Waals surface area contributed by atoms with Gasteiger partial charge in [0, 0.05) is 12.3 Å². The van der Waals surface area contributed by atoms with Crippen molar-refractivity contribution >= 4 is 46.0 Å². The van der Waals surface area contributed by atoms with Gasteiger partial charge in [-0.1, -0.05) is 17.7 Å². The average molecular weight is 379 g/mol. The molecule has 0 spiro atoms. The maximum absolute atomic E-state index is 13.3. The summed E-state index contributed by atoms with van der Waals surface area (Å²) in [6.45, 7) is 0.0342. The second kappa shape index (κ2) is 5.70. The van der Waals surface area contributed by atoms with Gasteiger partial charge in [-0.05, 0) is 17.7 Å². The number of halogens is 4. The number of alkyl halides is 3.